The standard InChI is InChI=1S/C7H14N2/c1-4-7-8-9(5-2)6-3/h4,7H,1,5-6H2,2-3H3/b8-7-. The highest BCUT2D eigenvalue weighted by molar-refractivity contribution is 5.69. The van der Waals surface area contributed by atoms with E-state index < -0.39 is 0 Å². The quantitative estimate of drug-likeness (QED) is 0.411. The number of hydrogen-bond donors (Lipinski definition) is 0. The van der Waals surface area contributed by atoms with Crippen LogP contribution in [0.4, 0.5) is 0 Å². The molecule has 0 unspecified atom stereocenters. The minimum absolute atomic E-state index is 0.959. The zero-order valence-corrected chi connectivity index (χ0v) is 6.17. The lowest BCUT2D eigenvalue weighted by atomic mass is 10.6. The molecule has 0 aliphatic rings. The third-order valence-corrected chi connectivity index (χ3v) is 1.07. The highest BCUT2D eigenvalue weighted by atomic mass is 15.4. The molecule has 0 aliphatic heterocycles. The van der Waals surface area contributed by atoms with Crippen molar-refractivity contribution in [1.29, 1.82) is 0 Å². The largest absolute Gasteiger partial charge is 0.298 e. The maximum Gasteiger partial charge on any atom is 0.0464 e. The second-order valence-corrected chi connectivity index (χ2v) is 1.64. The van der Waals surface area contributed by atoms with Crippen LogP contribution in [0.15, 0.2) is 17.8 Å². The number of allylic oxidation sites excluding steroid dienone is 1. The molecule has 2 nitrogen and oxygen atoms in total. The van der Waals surface area contributed by atoms with E-state index in [9.17, 15) is 0 Å². The predicted molar refractivity (Wildman–Crippen MR) is 41.6 cm³/mol. The van der Waals surface area contributed by atoms with Gasteiger partial charge in [-0.15, -0.1) is 0 Å². The van der Waals surface area contributed by atoms with Gasteiger partial charge in [0.2, 0.25) is 0 Å². The zero-order chi connectivity index (χ0) is 7.11. The van der Waals surface area contributed by atoms with Crippen molar-refractivity contribution in [3.8, 4) is 0 Å². The van der Waals surface area contributed by atoms with Crippen molar-refractivity contribution in [1.82, 2.24) is 5.01 Å². The first-order chi connectivity index (χ1) is 4.35. The first-order valence-corrected chi connectivity index (χ1v) is 3.25. The van der Waals surface area contributed by atoms with Gasteiger partial charge in [0.25, 0.3) is 0 Å². The van der Waals surface area contributed by atoms with Crippen molar-refractivity contribution < 1.29 is 0 Å². The number of hydrogen-bond acceptors (Lipinski definition) is 2. The van der Waals surface area contributed by atoms with Gasteiger partial charge in [-0.25, -0.2) is 0 Å². The molecule has 2 heteroatoms. The summed E-state index contributed by atoms with van der Waals surface area (Å²) in [4.78, 5) is 0. The molecule has 0 saturated carbocycles. The van der Waals surface area contributed by atoms with Gasteiger partial charge in [0.15, 0.2) is 0 Å². The molecule has 0 aromatic rings. The van der Waals surface area contributed by atoms with E-state index in [1.54, 1.807) is 12.3 Å². The molecule has 0 atom stereocenters. The average molecular weight is 126 g/mol. The third kappa shape index (κ3) is 3.76. The summed E-state index contributed by atoms with van der Waals surface area (Å²) in [5, 5.41) is 6.03. The van der Waals surface area contributed by atoms with Crippen molar-refractivity contribution in [3.05, 3.63) is 12.7 Å². The lowest BCUT2D eigenvalue weighted by Crippen LogP contribution is -2.15. The van der Waals surface area contributed by atoms with E-state index in [2.05, 4.69) is 25.5 Å². The minimum Gasteiger partial charge on any atom is -0.298 e. The van der Waals surface area contributed by atoms with Crippen LogP contribution in [0.1, 0.15) is 13.8 Å². The van der Waals surface area contributed by atoms with Gasteiger partial charge >= 0.3 is 0 Å². The summed E-state index contributed by atoms with van der Waals surface area (Å²) < 4.78 is 0. The van der Waals surface area contributed by atoms with Crippen LogP contribution in [0, 0.1) is 0 Å². The van der Waals surface area contributed by atoms with Crippen molar-refractivity contribution in [3.63, 3.8) is 0 Å². The minimum atomic E-state index is 0.959. The Kier molecular flexibility index (Phi) is 4.88. The van der Waals surface area contributed by atoms with Gasteiger partial charge in [-0.05, 0) is 19.9 Å². The molecule has 52 valence electrons. The first-order valence-electron chi connectivity index (χ1n) is 3.25. The van der Waals surface area contributed by atoms with Crippen molar-refractivity contribution >= 4 is 6.21 Å². The predicted octanol–water partition coefficient (Wildman–Crippen LogP) is 1.50. The summed E-state index contributed by atoms with van der Waals surface area (Å²) in [5.41, 5.74) is 0. The van der Waals surface area contributed by atoms with E-state index in [0.717, 1.165) is 13.1 Å². The fourth-order valence-corrected chi connectivity index (χ4v) is 0.528. The van der Waals surface area contributed by atoms with Gasteiger partial charge in [-0.1, -0.05) is 6.58 Å². The zero-order valence-electron chi connectivity index (χ0n) is 6.17. The first kappa shape index (κ1) is 8.21. The van der Waals surface area contributed by atoms with E-state index in [4.69, 9.17) is 0 Å². The summed E-state index contributed by atoms with van der Waals surface area (Å²) >= 11 is 0. The molecule has 0 rings (SSSR count). The molecule has 0 amide bonds. The van der Waals surface area contributed by atoms with Crippen molar-refractivity contribution in [2.75, 3.05) is 13.1 Å². The Morgan fingerprint density at radius 1 is 1.44 bits per heavy atom. The van der Waals surface area contributed by atoms with Crippen molar-refractivity contribution in [2.24, 2.45) is 5.10 Å². The van der Waals surface area contributed by atoms with Crippen LogP contribution in [0.3, 0.4) is 0 Å². The van der Waals surface area contributed by atoms with Gasteiger partial charge in [0, 0.05) is 19.3 Å². The van der Waals surface area contributed by atoms with Crippen molar-refractivity contribution in [2.45, 2.75) is 13.8 Å². The molecular weight excluding hydrogens is 112 g/mol. The molecule has 0 spiro atoms. The molecule has 0 radical (unpaired) electrons. The summed E-state index contributed by atoms with van der Waals surface area (Å²) in [5.74, 6) is 0. The van der Waals surface area contributed by atoms with Crippen LogP contribution in [-0.4, -0.2) is 24.3 Å². The highest BCUT2D eigenvalue weighted by Crippen LogP contribution is 1.84. The smallest absolute Gasteiger partial charge is 0.0464 e. The monoisotopic (exact) mass is 126 g/mol. The van der Waals surface area contributed by atoms with Gasteiger partial charge in [-0.2, -0.15) is 5.10 Å². The summed E-state index contributed by atoms with van der Waals surface area (Å²) in [6.45, 7) is 9.59. The Hall–Kier alpha value is -0.790. The second-order valence-electron chi connectivity index (χ2n) is 1.64. The van der Waals surface area contributed by atoms with Crippen LogP contribution >= 0.6 is 0 Å². The van der Waals surface area contributed by atoms with E-state index in [1.165, 1.54) is 0 Å². The molecule has 0 aliphatic carbocycles. The fraction of sp³-hybridized carbons (Fsp3) is 0.571. The maximum atomic E-state index is 4.07. The number of rotatable bonds is 4. The summed E-state index contributed by atoms with van der Waals surface area (Å²) in [6.07, 6.45) is 3.38. The van der Waals surface area contributed by atoms with E-state index in [1.807, 2.05) is 5.01 Å². The Bertz CT molecular complexity index is 93.1. The van der Waals surface area contributed by atoms with Crippen LogP contribution in [0.25, 0.3) is 0 Å². The summed E-state index contributed by atoms with van der Waals surface area (Å²) in [7, 11) is 0. The number of nitrogens with zero attached hydrogens (tertiary/aromatic N) is 2. The van der Waals surface area contributed by atoms with Crippen LogP contribution in [0.2, 0.25) is 0 Å². The average Bonchev–Trinajstić information content (AvgIpc) is 1.91. The SMILES string of the molecule is C=C/C=N\N(CC)CC. The Morgan fingerprint density at radius 2 is 2.00 bits per heavy atom. The number of hydrazone groups is 1. The molecule has 0 bridgehead atoms. The molecule has 0 fully saturated rings. The van der Waals surface area contributed by atoms with Crippen LogP contribution in [0.5, 0.6) is 0 Å². The van der Waals surface area contributed by atoms with Gasteiger partial charge in [0.05, 0.1) is 0 Å². The third-order valence-electron chi connectivity index (χ3n) is 1.07. The van der Waals surface area contributed by atoms with Gasteiger partial charge < -0.3 is 0 Å². The fourth-order valence-electron chi connectivity index (χ4n) is 0.528. The Balaban J connectivity index is 3.53. The maximum absolute atomic E-state index is 4.07. The van der Waals surface area contributed by atoms with Crippen LogP contribution < -0.4 is 0 Å². The second kappa shape index (κ2) is 5.35. The van der Waals surface area contributed by atoms with E-state index >= 15 is 0 Å². The van der Waals surface area contributed by atoms with E-state index in [-0.39, 0.29) is 0 Å². The molecule has 0 N–H and O–H groups in total. The molecule has 0 saturated heterocycles. The molecule has 9 heavy (non-hydrogen) atoms. The normalized spacial score (nSPS) is 10.0. The molecule has 0 aromatic carbocycles. The highest BCUT2D eigenvalue weighted by Gasteiger charge is 1.86. The molecule has 0 heterocycles. The Morgan fingerprint density at radius 3 is 2.33 bits per heavy atom. The van der Waals surface area contributed by atoms with Gasteiger partial charge in [0.1, 0.15) is 0 Å². The lowest BCUT2D eigenvalue weighted by molar-refractivity contribution is 0.323. The molecular formula is C7H14N2. The topological polar surface area (TPSA) is 15.6 Å². The lowest BCUT2D eigenvalue weighted by Gasteiger charge is -2.11. The Labute approximate surface area is 56.9 Å². The summed E-state index contributed by atoms with van der Waals surface area (Å²) in [6, 6.07) is 0. The van der Waals surface area contributed by atoms with Gasteiger partial charge in [-0.3, -0.25) is 5.01 Å². The molecule has 0 aromatic heterocycles. The van der Waals surface area contributed by atoms with E-state index in [0.29, 0.717) is 0 Å². The van der Waals surface area contributed by atoms with Crippen LogP contribution in [-0.2, 0) is 0 Å².